The van der Waals surface area contributed by atoms with Crippen molar-refractivity contribution in [1.29, 1.82) is 0 Å². The molecule has 0 aliphatic heterocycles. The number of hydrogen-bond acceptors (Lipinski definition) is 5. The number of ether oxygens (including phenoxy) is 1. The minimum Gasteiger partial charge on any atom is -0.487 e. The first kappa shape index (κ1) is 16.7. The highest BCUT2D eigenvalue weighted by molar-refractivity contribution is 5.71. The Labute approximate surface area is 123 Å². The molecule has 0 aliphatic carbocycles. The summed E-state index contributed by atoms with van der Waals surface area (Å²) >= 11 is 0. The number of anilines is 1. The molecule has 1 aromatic carbocycles. The van der Waals surface area contributed by atoms with Crippen molar-refractivity contribution in [3.05, 3.63) is 28.3 Å². The second kappa shape index (κ2) is 8.08. The molecule has 0 aromatic heterocycles. The zero-order chi connectivity index (χ0) is 15.8. The van der Waals surface area contributed by atoms with Crippen LogP contribution in [0.25, 0.3) is 0 Å². The van der Waals surface area contributed by atoms with Gasteiger partial charge in [0.1, 0.15) is 0 Å². The summed E-state index contributed by atoms with van der Waals surface area (Å²) in [5.74, 6) is -1.18. The van der Waals surface area contributed by atoms with Crippen molar-refractivity contribution in [1.82, 2.24) is 0 Å². The number of carboxylic acid groups (broad SMARTS) is 1. The molecule has 2 N–H and O–H groups in total. The molecule has 7 nitrogen and oxygen atoms in total. The van der Waals surface area contributed by atoms with Crippen LogP contribution in [0, 0.1) is 16.0 Å². The van der Waals surface area contributed by atoms with Crippen LogP contribution in [-0.2, 0) is 4.79 Å². The van der Waals surface area contributed by atoms with Crippen LogP contribution >= 0.6 is 0 Å². The van der Waals surface area contributed by atoms with Crippen molar-refractivity contribution in [2.24, 2.45) is 5.92 Å². The minimum atomic E-state index is -0.866. The van der Waals surface area contributed by atoms with Crippen molar-refractivity contribution < 1.29 is 19.6 Å². The van der Waals surface area contributed by atoms with E-state index in [4.69, 9.17) is 9.84 Å². The number of benzene rings is 1. The highest BCUT2D eigenvalue weighted by Crippen LogP contribution is 2.30. The molecule has 0 saturated carbocycles. The molecular formula is C14H20N2O5. The van der Waals surface area contributed by atoms with Crippen molar-refractivity contribution >= 4 is 17.3 Å². The number of carbonyl (C=O) groups is 1. The minimum absolute atomic E-state index is 0.0979. The fourth-order valence-corrected chi connectivity index (χ4v) is 1.75. The lowest BCUT2D eigenvalue weighted by molar-refractivity contribution is -0.385. The lowest BCUT2D eigenvalue weighted by Gasteiger charge is -2.13. The predicted molar refractivity (Wildman–Crippen MR) is 78.8 cm³/mol. The quantitative estimate of drug-likeness (QED) is 0.536. The van der Waals surface area contributed by atoms with E-state index in [2.05, 4.69) is 5.32 Å². The maximum atomic E-state index is 10.9. The van der Waals surface area contributed by atoms with Gasteiger partial charge in [0.15, 0.2) is 5.75 Å². The van der Waals surface area contributed by atoms with E-state index in [-0.39, 0.29) is 18.0 Å². The zero-order valence-electron chi connectivity index (χ0n) is 12.2. The number of nitrogens with one attached hydrogen (secondary N) is 1. The average molecular weight is 296 g/mol. The van der Waals surface area contributed by atoms with E-state index >= 15 is 0 Å². The van der Waals surface area contributed by atoms with Crippen LogP contribution in [0.3, 0.4) is 0 Å². The maximum absolute atomic E-state index is 10.9. The van der Waals surface area contributed by atoms with Crippen LogP contribution in [0.1, 0.15) is 26.7 Å². The van der Waals surface area contributed by atoms with E-state index in [0.717, 1.165) is 6.42 Å². The molecule has 0 saturated heterocycles. The zero-order valence-corrected chi connectivity index (χ0v) is 12.2. The van der Waals surface area contributed by atoms with Crippen LogP contribution in [-0.4, -0.2) is 29.2 Å². The van der Waals surface area contributed by atoms with Gasteiger partial charge in [-0.3, -0.25) is 14.9 Å². The smallest absolute Gasteiger partial charge is 0.311 e. The molecule has 1 rings (SSSR count). The first-order chi connectivity index (χ1) is 9.99. The van der Waals surface area contributed by atoms with E-state index in [1.54, 1.807) is 13.0 Å². The maximum Gasteiger partial charge on any atom is 0.311 e. The largest absolute Gasteiger partial charge is 0.487 e. The van der Waals surface area contributed by atoms with E-state index in [1.807, 2.05) is 6.92 Å². The van der Waals surface area contributed by atoms with Crippen LogP contribution < -0.4 is 10.1 Å². The number of carboxylic acids is 1. The Kier molecular flexibility index (Phi) is 6.45. The van der Waals surface area contributed by atoms with Gasteiger partial charge >= 0.3 is 11.7 Å². The molecule has 0 aliphatic rings. The van der Waals surface area contributed by atoms with Gasteiger partial charge in [-0.05, 0) is 18.9 Å². The standard InChI is InChI=1S/C14H20N2O5/c1-3-7-21-13-8-11(5-6-12(13)16(19)20)15-9-10(4-2)14(17)18/h5-6,8,10,15H,3-4,7,9H2,1-2H3,(H,17,18). The molecule has 116 valence electrons. The van der Waals surface area contributed by atoms with Crippen LogP contribution in [0.2, 0.25) is 0 Å². The van der Waals surface area contributed by atoms with Gasteiger partial charge in [-0.1, -0.05) is 13.8 Å². The number of nitro benzene ring substituents is 1. The second-order valence-electron chi connectivity index (χ2n) is 4.61. The van der Waals surface area contributed by atoms with Crippen LogP contribution in [0.5, 0.6) is 5.75 Å². The van der Waals surface area contributed by atoms with Gasteiger partial charge < -0.3 is 15.2 Å². The van der Waals surface area contributed by atoms with Crippen molar-refractivity contribution in [3.8, 4) is 5.75 Å². The third kappa shape index (κ3) is 4.94. The highest BCUT2D eigenvalue weighted by Gasteiger charge is 2.17. The molecule has 7 heteroatoms. The van der Waals surface area contributed by atoms with Gasteiger partial charge in [-0.25, -0.2) is 0 Å². The van der Waals surface area contributed by atoms with Gasteiger partial charge in [-0.2, -0.15) is 0 Å². The van der Waals surface area contributed by atoms with Gasteiger partial charge in [0.2, 0.25) is 0 Å². The summed E-state index contributed by atoms with van der Waals surface area (Å²) in [4.78, 5) is 21.4. The summed E-state index contributed by atoms with van der Waals surface area (Å²) < 4.78 is 5.37. The van der Waals surface area contributed by atoms with Crippen molar-refractivity contribution in [2.75, 3.05) is 18.5 Å². The Morgan fingerprint density at radius 1 is 1.48 bits per heavy atom. The van der Waals surface area contributed by atoms with Crippen molar-refractivity contribution in [2.45, 2.75) is 26.7 Å². The lowest BCUT2D eigenvalue weighted by atomic mass is 10.1. The molecular weight excluding hydrogens is 276 g/mol. The molecule has 1 unspecified atom stereocenters. The Balaban J connectivity index is 2.84. The third-order valence-electron chi connectivity index (χ3n) is 3.01. The lowest BCUT2D eigenvalue weighted by Crippen LogP contribution is -2.22. The molecule has 1 aromatic rings. The van der Waals surface area contributed by atoms with E-state index in [0.29, 0.717) is 18.7 Å². The topological polar surface area (TPSA) is 102 Å². The summed E-state index contributed by atoms with van der Waals surface area (Å²) in [6.07, 6.45) is 1.25. The average Bonchev–Trinajstić information content (AvgIpc) is 2.45. The molecule has 0 spiro atoms. The molecule has 0 bridgehead atoms. The van der Waals surface area contributed by atoms with Crippen LogP contribution in [0.4, 0.5) is 11.4 Å². The first-order valence-electron chi connectivity index (χ1n) is 6.87. The normalized spacial score (nSPS) is 11.7. The van der Waals surface area contributed by atoms with E-state index < -0.39 is 16.8 Å². The summed E-state index contributed by atoms with van der Waals surface area (Å²) in [5, 5.41) is 22.9. The molecule has 21 heavy (non-hydrogen) atoms. The number of aliphatic carboxylic acids is 1. The molecule has 0 amide bonds. The van der Waals surface area contributed by atoms with E-state index in [1.165, 1.54) is 12.1 Å². The Hall–Kier alpha value is -2.31. The number of nitro groups is 1. The summed E-state index contributed by atoms with van der Waals surface area (Å²) in [7, 11) is 0. The monoisotopic (exact) mass is 296 g/mol. The van der Waals surface area contributed by atoms with Crippen LogP contribution in [0.15, 0.2) is 18.2 Å². The predicted octanol–water partition coefficient (Wildman–Crippen LogP) is 2.91. The van der Waals surface area contributed by atoms with Gasteiger partial charge in [0.05, 0.1) is 17.4 Å². The summed E-state index contributed by atoms with van der Waals surface area (Å²) in [6, 6.07) is 4.43. The van der Waals surface area contributed by atoms with Crippen molar-refractivity contribution in [3.63, 3.8) is 0 Å². The molecule has 1 atom stereocenters. The Bertz CT molecular complexity index is 504. The first-order valence-corrected chi connectivity index (χ1v) is 6.87. The molecule has 0 fully saturated rings. The number of nitrogens with zero attached hydrogens (tertiary/aromatic N) is 1. The van der Waals surface area contributed by atoms with Gasteiger partial charge in [-0.15, -0.1) is 0 Å². The van der Waals surface area contributed by atoms with E-state index in [9.17, 15) is 14.9 Å². The molecule has 0 heterocycles. The fraction of sp³-hybridized carbons (Fsp3) is 0.500. The van der Waals surface area contributed by atoms with Gasteiger partial charge in [0, 0.05) is 24.4 Å². The Morgan fingerprint density at radius 2 is 2.19 bits per heavy atom. The second-order valence-corrected chi connectivity index (χ2v) is 4.61. The summed E-state index contributed by atoms with van der Waals surface area (Å²) in [6.45, 7) is 4.35. The summed E-state index contributed by atoms with van der Waals surface area (Å²) in [5.41, 5.74) is 0.505. The number of hydrogen-bond donors (Lipinski definition) is 2. The fourth-order valence-electron chi connectivity index (χ4n) is 1.75. The SMILES string of the molecule is CCCOc1cc(NCC(CC)C(=O)O)ccc1[N+](=O)[O-]. The number of rotatable bonds is 9. The Morgan fingerprint density at radius 3 is 2.71 bits per heavy atom. The molecule has 0 radical (unpaired) electrons. The highest BCUT2D eigenvalue weighted by atomic mass is 16.6. The third-order valence-corrected chi connectivity index (χ3v) is 3.01. The van der Waals surface area contributed by atoms with Gasteiger partial charge in [0.25, 0.3) is 0 Å².